The third kappa shape index (κ3) is 2.92. The molecule has 128 valence electrons. The molecule has 0 aliphatic carbocycles. The predicted octanol–water partition coefficient (Wildman–Crippen LogP) is 2.21. The van der Waals surface area contributed by atoms with E-state index in [9.17, 15) is 19.1 Å². The van der Waals surface area contributed by atoms with Gasteiger partial charge < -0.3 is 15.7 Å². The fraction of sp³-hybridized carbons (Fsp3) is 0.158. The van der Waals surface area contributed by atoms with E-state index in [0.29, 0.717) is 5.56 Å². The first-order valence-electron chi connectivity index (χ1n) is 7.84. The summed E-state index contributed by atoms with van der Waals surface area (Å²) in [5.74, 6) is -2.53. The Hall–Kier alpha value is -2.99. The van der Waals surface area contributed by atoms with Gasteiger partial charge in [0.25, 0.3) is 11.7 Å². The minimum absolute atomic E-state index is 0.0785. The zero-order chi connectivity index (χ0) is 18.0. The van der Waals surface area contributed by atoms with Crippen LogP contribution in [0.1, 0.15) is 17.2 Å². The van der Waals surface area contributed by atoms with Crippen LogP contribution in [0.2, 0.25) is 0 Å². The van der Waals surface area contributed by atoms with E-state index in [1.165, 1.54) is 23.1 Å². The smallest absolute Gasteiger partial charge is 0.295 e. The number of aliphatic hydroxyl groups is 1. The van der Waals surface area contributed by atoms with E-state index in [1.54, 1.807) is 36.4 Å². The molecule has 1 aliphatic rings. The average Bonchev–Trinajstić information content (AvgIpc) is 2.87. The fourth-order valence-electron chi connectivity index (χ4n) is 3.02. The standard InChI is InChI=1S/C19H17FN2O3/c20-14-9-5-4-8-13(14)16-15(17(23)12-6-2-1-3-7-12)18(24)19(25)22(16)11-10-21/h1-9,16,23H,10-11,21H2/b17-15+. The van der Waals surface area contributed by atoms with Gasteiger partial charge in [0, 0.05) is 24.2 Å². The van der Waals surface area contributed by atoms with Crippen molar-refractivity contribution in [1.82, 2.24) is 4.90 Å². The summed E-state index contributed by atoms with van der Waals surface area (Å²) in [6, 6.07) is 13.3. The molecule has 0 aromatic heterocycles. The maximum atomic E-state index is 14.4. The lowest BCUT2D eigenvalue weighted by Crippen LogP contribution is -2.34. The highest BCUT2D eigenvalue weighted by Crippen LogP contribution is 2.39. The van der Waals surface area contributed by atoms with E-state index >= 15 is 0 Å². The number of nitrogens with two attached hydrogens (primary N) is 1. The van der Waals surface area contributed by atoms with E-state index in [2.05, 4.69) is 0 Å². The molecule has 25 heavy (non-hydrogen) atoms. The van der Waals surface area contributed by atoms with E-state index < -0.39 is 23.5 Å². The Labute approximate surface area is 144 Å². The summed E-state index contributed by atoms with van der Waals surface area (Å²) < 4.78 is 14.4. The highest BCUT2D eigenvalue weighted by Gasteiger charge is 2.46. The first-order chi connectivity index (χ1) is 12.1. The number of hydrogen-bond acceptors (Lipinski definition) is 4. The van der Waals surface area contributed by atoms with Gasteiger partial charge >= 0.3 is 0 Å². The van der Waals surface area contributed by atoms with Gasteiger partial charge in [0.15, 0.2) is 0 Å². The maximum Gasteiger partial charge on any atom is 0.295 e. The SMILES string of the molecule is NCCN1C(=O)C(=O)/C(=C(/O)c2ccccc2)C1c1ccccc1F. The predicted molar refractivity (Wildman–Crippen MR) is 90.9 cm³/mol. The lowest BCUT2D eigenvalue weighted by Gasteiger charge is -2.25. The summed E-state index contributed by atoms with van der Waals surface area (Å²) >= 11 is 0. The Morgan fingerprint density at radius 1 is 1.08 bits per heavy atom. The summed E-state index contributed by atoms with van der Waals surface area (Å²) in [5, 5.41) is 10.6. The molecule has 1 atom stereocenters. The maximum absolute atomic E-state index is 14.4. The number of carbonyl (C=O) groups excluding carboxylic acids is 2. The summed E-state index contributed by atoms with van der Waals surface area (Å²) in [6.45, 7) is 0.193. The van der Waals surface area contributed by atoms with Crippen molar-refractivity contribution in [2.24, 2.45) is 5.73 Å². The van der Waals surface area contributed by atoms with Crippen molar-refractivity contribution >= 4 is 17.4 Å². The number of rotatable bonds is 4. The minimum Gasteiger partial charge on any atom is -0.507 e. The van der Waals surface area contributed by atoms with E-state index in [-0.39, 0.29) is 30.0 Å². The van der Waals surface area contributed by atoms with Crippen LogP contribution < -0.4 is 5.73 Å². The Balaban J connectivity index is 2.22. The van der Waals surface area contributed by atoms with Crippen molar-refractivity contribution in [2.45, 2.75) is 6.04 Å². The van der Waals surface area contributed by atoms with Crippen LogP contribution >= 0.6 is 0 Å². The van der Waals surface area contributed by atoms with Crippen LogP contribution in [0.15, 0.2) is 60.2 Å². The molecule has 6 heteroatoms. The molecule has 2 aromatic rings. The van der Waals surface area contributed by atoms with E-state index in [4.69, 9.17) is 5.73 Å². The van der Waals surface area contributed by atoms with Gasteiger partial charge in [-0.2, -0.15) is 0 Å². The third-order valence-electron chi connectivity index (χ3n) is 4.16. The van der Waals surface area contributed by atoms with Gasteiger partial charge in [-0.15, -0.1) is 0 Å². The van der Waals surface area contributed by atoms with Gasteiger partial charge in [0.2, 0.25) is 0 Å². The molecule has 3 rings (SSSR count). The van der Waals surface area contributed by atoms with Crippen molar-refractivity contribution in [3.63, 3.8) is 0 Å². The number of nitrogens with zero attached hydrogens (tertiary/aromatic N) is 1. The lowest BCUT2D eigenvalue weighted by molar-refractivity contribution is -0.139. The Bertz CT molecular complexity index is 849. The van der Waals surface area contributed by atoms with Crippen LogP contribution in [-0.2, 0) is 9.59 Å². The molecular formula is C19H17FN2O3. The number of benzene rings is 2. The van der Waals surface area contributed by atoms with Crippen LogP contribution in [0.3, 0.4) is 0 Å². The molecule has 1 fully saturated rings. The topological polar surface area (TPSA) is 83.6 Å². The third-order valence-corrected chi connectivity index (χ3v) is 4.16. The molecule has 5 nitrogen and oxygen atoms in total. The number of hydrogen-bond donors (Lipinski definition) is 2. The molecule has 0 radical (unpaired) electrons. The van der Waals surface area contributed by atoms with Gasteiger partial charge in [0.05, 0.1) is 11.6 Å². The molecule has 1 unspecified atom stereocenters. The van der Waals surface area contributed by atoms with Gasteiger partial charge in [0.1, 0.15) is 11.6 Å². The van der Waals surface area contributed by atoms with Crippen molar-refractivity contribution < 1.29 is 19.1 Å². The Morgan fingerprint density at radius 3 is 2.36 bits per heavy atom. The minimum atomic E-state index is -1.01. The highest BCUT2D eigenvalue weighted by atomic mass is 19.1. The first-order valence-corrected chi connectivity index (χ1v) is 7.84. The molecule has 1 amide bonds. The molecule has 1 aliphatic heterocycles. The molecule has 2 aromatic carbocycles. The first kappa shape index (κ1) is 16.9. The molecular weight excluding hydrogens is 323 g/mol. The van der Waals surface area contributed by atoms with Crippen LogP contribution in [0.25, 0.3) is 5.76 Å². The van der Waals surface area contributed by atoms with E-state index in [0.717, 1.165) is 0 Å². The number of Topliss-reactive ketones (excluding diaryl/α,β-unsaturated/α-hetero) is 1. The van der Waals surface area contributed by atoms with Crippen molar-refractivity contribution in [1.29, 1.82) is 0 Å². The van der Waals surface area contributed by atoms with Crippen LogP contribution in [-0.4, -0.2) is 34.8 Å². The zero-order valence-corrected chi connectivity index (χ0v) is 13.4. The zero-order valence-electron chi connectivity index (χ0n) is 13.4. The normalized spacial score (nSPS) is 19.4. The molecule has 0 saturated carbocycles. The van der Waals surface area contributed by atoms with Crippen LogP contribution in [0, 0.1) is 5.82 Å². The summed E-state index contributed by atoms with van der Waals surface area (Å²) in [6.07, 6.45) is 0. The second-order valence-electron chi connectivity index (χ2n) is 5.67. The monoisotopic (exact) mass is 340 g/mol. The van der Waals surface area contributed by atoms with Crippen molar-refractivity contribution in [3.8, 4) is 0 Å². The summed E-state index contributed by atoms with van der Waals surface area (Å²) in [4.78, 5) is 26.1. The second-order valence-corrected chi connectivity index (χ2v) is 5.67. The molecule has 0 spiro atoms. The van der Waals surface area contributed by atoms with Crippen LogP contribution in [0.5, 0.6) is 0 Å². The highest BCUT2D eigenvalue weighted by molar-refractivity contribution is 6.46. The number of aliphatic hydroxyl groups excluding tert-OH is 1. The van der Waals surface area contributed by atoms with Gasteiger partial charge in [-0.05, 0) is 6.07 Å². The van der Waals surface area contributed by atoms with E-state index in [1.807, 2.05) is 0 Å². The molecule has 3 N–H and O–H groups in total. The van der Waals surface area contributed by atoms with Crippen molar-refractivity contribution in [3.05, 3.63) is 77.1 Å². The Morgan fingerprint density at radius 2 is 1.72 bits per heavy atom. The number of amides is 1. The average molecular weight is 340 g/mol. The number of ketones is 1. The Kier molecular flexibility index (Phi) is 4.63. The molecule has 1 saturated heterocycles. The fourth-order valence-corrected chi connectivity index (χ4v) is 3.02. The van der Waals surface area contributed by atoms with Crippen LogP contribution in [0.4, 0.5) is 4.39 Å². The number of likely N-dealkylation sites (tertiary alicyclic amines) is 1. The summed E-state index contributed by atoms with van der Waals surface area (Å²) in [5.41, 5.74) is 5.95. The number of carbonyl (C=O) groups is 2. The largest absolute Gasteiger partial charge is 0.507 e. The lowest BCUT2D eigenvalue weighted by atomic mass is 9.95. The molecule has 1 heterocycles. The molecule has 0 bridgehead atoms. The van der Waals surface area contributed by atoms with Crippen molar-refractivity contribution in [2.75, 3.05) is 13.1 Å². The number of halogens is 1. The van der Waals surface area contributed by atoms with Gasteiger partial charge in [-0.3, -0.25) is 9.59 Å². The van der Waals surface area contributed by atoms with Gasteiger partial charge in [-0.25, -0.2) is 4.39 Å². The van der Waals surface area contributed by atoms with Gasteiger partial charge in [-0.1, -0.05) is 48.5 Å². The quantitative estimate of drug-likeness (QED) is 0.508. The second kappa shape index (κ2) is 6.86. The summed E-state index contributed by atoms with van der Waals surface area (Å²) in [7, 11) is 0.